The third-order valence-electron chi connectivity index (χ3n) is 19.1. The van der Waals surface area contributed by atoms with Gasteiger partial charge in [-0.3, -0.25) is 27.9 Å². The second-order valence-corrected chi connectivity index (χ2v) is 25.7. The summed E-state index contributed by atoms with van der Waals surface area (Å²) in [4.78, 5) is 62.3. The Morgan fingerprint density at radius 1 is 0.366 bits per heavy atom. The summed E-state index contributed by atoms with van der Waals surface area (Å²) in [7, 11) is 0. The number of carbonyl (C=O) groups excluding carboxylic acids is 1. The monoisotopic (exact) mass is 1210 g/mol. The van der Waals surface area contributed by atoms with Crippen LogP contribution in [0.5, 0.6) is 0 Å². The van der Waals surface area contributed by atoms with Crippen LogP contribution in [0.3, 0.4) is 0 Å². The lowest BCUT2D eigenvalue weighted by Gasteiger charge is -2.32. The highest BCUT2D eigenvalue weighted by atomic mass is 32.1. The predicted molar refractivity (Wildman–Crippen MR) is 374 cm³/mol. The van der Waals surface area contributed by atoms with Gasteiger partial charge in [-0.1, -0.05) is 164 Å². The first-order valence-electron chi connectivity index (χ1n) is 30.9. The van der Waals surface area contributed by atoms with E-state index in [1.54, 1.807) is 20.3 Å². The molecule has 0 unspecified atom stereocenters. The maximum atomic E-state index is 15.5. The van der Waals surface area contributed by atoms with Crippen LogP contribution in [0.25, 0.3) is 165 Å². The van der Waals surface area contributed by atoms with E-state index in [1.807, 2.05) is 115 Å². The van der Waals surface area contributed by atoms with Gasteiger partial charge in [0.25, 0.3) is 11.5 Å². The SMILES string of the molecule is CC1(C)c2cc3c(cc2C(=O)n2c1nc1ccccc12)c1ccccc1n3-c1nc(-c2ccc(-c3ccc4c(c3)nc3n(-c5ccccc5)c5cc6c(cc5c(=O)n43)c3ccccc3n6-c3nc(-c4ccccc4)c4ccccc4n3)cc2)c2sc3ccccc3c2n1. The lowest BCUT2D eigenvalue weighted by Crippen LogP contribution is -2.35. The van der Waals surface area contributed by atoms with E-state index in [0.29, 0.717) is 51.0 Å². The molecule has 0 aliphatic carbocycles. The highest BCUT2D eigenvalue weighted by Crippen LogP contribution is 2.46. The summed E-state index contributed by atoms with van der Waals surface area (Å²) in [6.07, 6.45) is 0. The summed E-state index contributed by atoms with van der Waals surface area (Å²) >= 11 is 1.69. The van der Waals surface area contributed by atoms with Crippen molar-refractivity contribution in [3.63, 3.8) is 0 Å². The molecule has 11 aromatic carbocycles. The van der Waals surface area contributed by atoms with Crippen LogP contribution >= 0.6 is 11.3 Å². The van der Waals surface area contributed by atoms with Crippen molar-refractivity contribution in [2.24, 2.45) is 0 Å². The average molecular weight is 1210 g/mol. The van der Waals surface area contributed by atoms with E-state index in [0.717, 1.165) is 131 Å². The number of benzene rings is 11. The van der Waals surface area contributed by atoms with Crippen molar-refractivity contribution in [2.45, 2.75) is 19.3 Å². The topological polar surface area (TPSA) is 136 Å². The molecule has 1 aliphatic rings. The van der Waals surface area contributed by atoms with Crippen molar-refractivity contribution < 1.29 is 4.79 Å². The number of hydrogen-bond donors (Lipinski definition) is 0. The van der Waals surface area contributed by atoms with Crippen LogP contribution in [-0.2, 0) is 5.41 Å². The number of thiophene rings is 1. The van der Waals surface area contributed by atoms with E-state index in [4.69, 9.17) is 29.9 Å². The van der Waals surface area contributed by atoms with Gasteiger partial charge in [-0.15, -0.1) is 11.3 Å². The fourth-order valence-corrected chi connectivity index (χ4v) is 15.9. The first-order valence-corrected chi connectivity index (χ1v) is 31.7. The molecule has 93 heavy (non-hydrogen) atoms. The van der Waals surface area contributed by atoms with Gasteiger partial charge in [0.1, 0.15) is 5.82 Å². The van der Waals surface area contributed by atoms with Gasteiger partial charge in [0.05, 0.1) is 82.2 Å². The molecule has 9 heterocycles. The Labute approximate surface area is 531 Å². The number of nitrogens with zero attached hydrogens (tertiary/aromatic N) is 11. The van der Waals surface area contributed by atoms with Crippen LogP contribution in [0.1, 0.15) is 35.6 Å². The van der Waals surface area contributed by atoms with E-state index < -0.39 is 5.41 Å². The maximum absolute atomic E-state index is 15.5. The standard InChI is InChI=1S/C79H47N11O2S/c1-79(2)57-42-65-53(40-55(57)73(91)89-63-31-17-14-28-59(63)80-75(79)89)49-23-10-15-29-61(49)87(65)77-84-70(72-71(85-77)52-26-12-18-32-68(52)93-72)46-35-33-44(34-36-46)47-37-38-64-60(39-47)82-78-86(48-21-7-4-8-22-48)67-43-66-54(41-56(67)74(92)90(64)78)50-24-11-16-30-62(50)88(66)76-81-58-27-13-9-25-51(58)69(83-76)45-19-5-3-6-20-45/h3-43H,1-2H3. The van der Waals surface area contributed by atoms with Gasteiger partial charge in [0, 0.05) is 64.8 Å². The molecule has 8 aromatic heterocycles. The van der Waals surface area contributed by atoms with Crippen LogP contribution < -0.4 is 5.56 Å². The van der Waals surface area contributed by atoms with Crippen molar-refractivity contribution >= 4 is 131 Å². The first kappa shape index (κ1) is 51.6. The Balaban J connectivity index is 0.737. The van der Waals surface area contributed by atoms with Crippen LogP contribution in [0.4, 0.5) is 0 Å². The van der Waals surface area contributed by atoms with E-state index >= 15 is 4.79 Å². The molecule has 0 saturated heterocycles. The van der Waals surface area contributed by atoms with Crippen LogP contribution in [-0.4, -0.2) is 58.5 Å². The second-order valence-electron chi connectivity index (χ2n) is 24.6. The second kappa shape index (κ2) is 18.9. The normalized spacial score (nSPS) is 13.2. The van der Waals surface area contributed by atoms with E-state index in [2.05, 4.69) is 161 Å². The lowest BCUT2D eigenvalue weighted by atomic mass is 9.78. The third kappa shape index (κ3) is 7.25. The summed E-state index contributed by atoms with van der Waals surface area (Å²) in [5.41, 5.74) is 16.1. The number of para-hydroxylation sites is 6. The Hall–Kier alpha value is -12.3. The van der Waals surface area contributed by atoms with Gasteiger partial charge in [-0.05, 0) is 115 Å². The summed E-state index contributed by atoms with van der Waals surface area (Å²) in [6, 6.07) is 84.4. The molecular formula is C79H47N11O2S. The van der Waals surface area contributed by atoms with E-state index in [-0.39, 0.29) is 11.5 Å². The first-order chi connectivity index (χ1) is 45.7. The number of rotatable bonds is 6. The highest BCUT2D eigenvalue weighted by molar-refractivity contribution is 7.26. The van der Waals surface area contributed by atoms with Gasteiger partial charge in [0.2, 0.25) is 17.7 Å². The number of aromatic nitrogens is 11. The minimum absolute atomic E-state index is 0.0884. The fourth-order valence-electron chi connectivity index (χ4n) is 14.7. The Bertz CT molecular complexity index is 6570. The molecule has 0 atom stereocenters. The number of carbonyl (C=O) groups is 1. The molecule has 0 fully saturated rings. The van der Waals surface area contributed by atoms with Crippen molar-refractivity contribution in [1.29, 1.82) is 0 Å². The molecule has 14 heteroatoms. The molecule has 19 aromatic rings. The summed E-state index contributed by atoms with van der Waals surface area (Å²) in [5, 5.41) is 6.38. The van der Waals surface area contributed by atoms with Crippen molar-refractivity contribution in [2.75, 3.05) is 0 Å². The molecule has 1 aliphatic heterocycles. The Morgan fingerprint density at radius 2 is 0.946 bits per heavy atom. The van der Waals surface area contributed by atoms with E-state index in [9.17, 15) is 4.79 Å². The zero-order chi connectivity index (χ0) is 61.5. The maximum Gasteiger partial charge on any atom is 0.267 e. The minimum Gasteiger partial charge on any atom is -0.279 e. The average Bonchev–Trinajstić information content (AvgIpc) is 1.58. The van der Waals surface area contributed by atoms with Gasteiger partial charge in [-0.2, -0.15) is 0 Å². The Morgan fingerprint density at radius 3 is 1.71 bits per heavy atom. The van der Waals surface area contributed by atoms with Crippen molar-refractivity contribution in [1.82, 2.24) is 52.6 Å². The molecule has 20 rings (SSSR count). The highest BCUT2D eigenvalue weighted by Gasteiger charge is 2.41. The summed E-state index contributed by atoms with van der Waals surface area (Å²) in [5.74, 6) is 2.17. The van der Waals surface area contributed by atoms with E-state index in [1.165, 1.54) is 0 Å². The van der Waals surface area contributed by atoms with Crippen LogP contribution in [0.15, 0.2) is 254 Å². The third-order valence-corrected chi connectivity index (χ3v) is 20.3. The molecule has 0 saturated carbocycles. The van der Waals surface area contributed by atoms with Crippen molar-refractivity contribution in [3.05, 3.63) is 276 Å². The minimum atomic E-state index is -0.616. The fraction of sp³-hybridized carbons (Fsp3) is 0.0380. The zero-order valence-corrected chi connectivity index (χ0v) is 50.6. The van der Waals surface area contributed by atoms with Gasteiger partial charge in [0.15, 0.2) is 0 Å². The van der Waals surface area contributed by atoms with Crippen LogP contribution in [0.2, 0.25) is 0 Å². The molecule has 0 radical (unpaired) electrons. The number of hydrogen-bond acceptors (Lipinski definition) is 9. The number of fused-ring (bicyclic) bond motifs is 18. The summed E-state index contributed by atoms with van der Waals surface area (Å²) in [6.45, 7) is 4.30. The largest absolute Gasteiger partial charge is 0.279 e. The smallest absolute Gasteiger partial charge is 0.267 e. The number of imidazole rings is 2. The lowest BCUT2D eigenvalue weighted by molar-refractivity contribution is 0.0948. The molecule has 0 N–H and O–H groups in total. The van der Waals surface area contributed by atoms with Crippen LogP contribution in [0, 0.1) is 0 Å². The van der Waals surface area contributed by atoms with Crippen molar-refractivity contribution in [3.8, 4) is 51.2 Å². The van der Waals surface area contributed by atoms with Gasteiger partial charge >= 0.3 is 0 Å². The molecule has 0 spiro atoms. The predicted octanol–water partition coefficient (Wildman–Crippen LogP) is 17.8. The van der Waals surface area contributed by atoms with Gasteiger partial charge in [-0.25, -0.2) is 34.3 Å². The summed E-state index contributed by atoms with van der Waals surface area (Å²) < 4.78 is 12.0. The quantitative estimate of drug-likeness (QED) is 0.161. The Kier molecular flexibility index (Phi) is 10.5. The molecule has 0 bridgehead atoms. The molecule has 13 nitrogen and oxygen atoms in total. The molecule has 0 amide bonds. The molecule has 436 valence electrons. The van der Waals surface area contributed by atoms with Gasteiger partial charge < -0.3 is 0 Å². The zero-order valence-electron chi connectivity index (χ0n) is 49.8. The molecular weight excluding hydrogens is 1170 g/mol.